The molecule has 3 heteroatoms. The van der Waals surface area contributed by atoms with E-state index in [1.807, 2.05) is 0 Å². The summed E-state index contributed by atoms with van der Waals surface area (Å²) in [5.41, 5.74) is 6.43. The molecule has 1 aromatic carbocycles. The topological polar surface area (TPSA) is 26.0 Å². The Labute approximate surface area is 79.2 Å². The molecule has 0 spiro atoms. The summed E-state index contributed by atoms with van der Waals surface area (Å²) in [5, 5.41) is 0. The number of hydrogen-bond donors (Lipinski definition) is 1. The first-order chi connectivity index (χ1) is 5.65. The molecule has 12 heavy (non-hydrogen) atoms. The van der Waals surface area contributed by atoms with Gasteiger partial charge in [-0.3, -0.25) is 0 Å². The first kappa shape index (κ1) is 9.42. The molecule has 64 valence electrons. The minimum absolute atomic E-state index is 0.271. The second-order valence-corrected chi connectivity index (χ2v) is 3.35. The van der Waals surface area contributed by atoms with Crippen LogP contribution in [0.5, 0.6) is 0 Å². The summed E-state index contributed by atoms with van der Waals surface area (Å²) in [4.78, 5) is 0. The molecule has 0 bridgehead atoms. The second-order valence-electron chi connectivity index (χ2n) is 2.43. The molecule has 1 rings (SSSR count). The molecule has 0 aliphatic heterocycles. The van der Waals surface area contributed by atoms with Crippen molar-refractivity contribution in [3.8, 4) is 0 Å². The molecular formula is C9H9BrFN. The number of nitrogens with two attached hydrogens (primary N) is 1. The summed E-state index contributed by atoms with van der Waals surface area (Å²) in [6.07, 6.45) is 0. The van der Waals surface area contributed by atoms with Crippen LogP contribution in [0.25, 0.3) is 5.57 Å². The van der Waals surface area contributed by atoms with Gasteiger partial charge in [0.15, 0.2) is 0 Å². The highest BCUT2D eigenvalue weighted by molar-refractivity contribution is 9.10. The third-order valence-electron chi connectivity index (χ3n) is 1.56. The van der Waals surface area contributed by atoms with E-state index >= 15 is 0 Å². The van der Waals surface area contributed by atoms with Crippen molar-refractivity contribution < 1.29 is 4.39 Å². The van der Waals surface area contributed by atoms with Gasteiger partial charge in [-0.25, -0.2) is 4.39 Å². The summed E-state index contributed by atoms with van der Waals surface area (Å²) in [7, 11) is 0. The lowest BCUT2D eigenvalue weighted by atomic mass is 10.1. The number of halogens is 2. The monoisotopic (exact) mass is 229 g/mol. The first-order valence-electron chi connectivity index (χ1n) is 3.48. The van der Waals surface area contributed by atoms with Crippen LogP contribution in [0.4, 0.5) is 4.39 Å². The van der Waals surface area contributed by atoms with Gasteiger partial charge in [0, 0.05) is 16.6 Å². The third kappa shape index (κ3) is 1.93. The van der Waals surface area contributed by atoms with Crippen LogP contribution in [0, 0.1) is 5.82 Å². The van der Waals surface area contributed by atoms with Crippen molar-refractivity contribution in [1.82, 2.24) is 0 Å². The van der Waals surface area contributed by atoms with E-state index in [1.54, 1.807) is 12.1 Å². The molecule has 0 unspecified atom stereocenters. The van der Waals surface area contributed by atoms with Gasteiger partial charge in [-0.15, -0.1) is 0 Å². The second kappa shape index (κ2) is 3.83. The van der Waals surface area contributed by atoms with Crippen molar-refractivity contribution in [2.45, 2.75) is 0 Å². The Morgan fingerprint density at radius 1 is 1.58 bits per heavy atom. The SMILES string of the molecule is C=C(CN)c1cc(Br)ccc1F. The molecule has 0 aromatic heterocycles. The molecule has 1 aromatic rings. The van der Waals surface area contributed by atoms with E-state index < -0.39 is 0 Å². The number of rotatable bonds is 2. The van der Waals surface area contributed by atoms with Crippen LogP contribution >= 0.6 is 15.9 Å². The van der Waals surface area contributed by atoms with Gasteiger partial charge in [0.1, 0.15) is 5.82 Å². The molecule has 0 aliphatic carbocycles. The first-order valence-corrected chi connectivity index (χ1v) is 4.27. The Hall–Kier alpha value is -0.670. The number of hydrogen-bond acceptors (Lipinski definition) is 1. The summed E-state index contributed by atoms with van der Waals surface area (Å²) < 4.78 is 13.9. The molecule has 0 aliphatic rings. The van der Waals surface area contributed by atoms with Gasteiger partial charge in [0.2, 0.25) is 0 Å². The minimum Gasteiger partial charge on any atom is -0.326 e. The fraction of sp³-hybridized carbons (Fsp3) is 0.111. The molecule has 0 atom stereocenters. The zero-order valence-electron chi connectivity index (χ0n) is 6.48. The quantitative estimate of drug-likeness (QED) is 0.830. The maximum atomic E-state index is 13.1. The number of benzene rings is 1. The molecule has 0 saturated heterocycles. The van der Waals surface area contributed by atoms with Crippen LogP contribution < -0.4 is 5.73 Å². The third-order valence-corrected chi connectivity index (χ3v) is 2.05. The maximum Gasteiger partial charge on any atom is 0.130 e. The van der Waals surface area contributed by atoms with Gasteiger partial charge in [-0.05, 0) is 23.8 Å². The summed E-state index contributed by atoms with van der Waals surface area (Å²) >= 11 is 3.25. The molecule has 2 N–H and O–H groups in total. The summed E-state index contributed by atoms with van der Waals surface area (Å²) in [5.74, 6) is -0.284. The molecule has 0 heterocycles. The van der Waals surface area contributed by atoms with E-state index in [0.29, 0.717) is 11.1 Å². The smallest absolute Gasteiger partial charge is 0.130 e. The average molecular weight is 230 g/mol. The van der Waals surface area contributed by atoms with Gasteiger partial charge in [0.25, 0.3) is 0 Å². The van der Waals surface area contributed by atoms with Crippen LogP contribution in [0.2, 0.25) is 0 Å². The van der Waals surface area contributed by atoms with Gasteiger partial charge >= 0.3 is 0 Å². The Balaban J connectivity index is 3.13. The molecule has 0 amide bonds. The van der Waals surface area contributed by atoms with E-state index in [0.717, 1.165) is 4.47 Å². The molecule has 1 nitrogen and oxygen atoms in total. The normalized spacial score (nSPS) is 9.92. The summed E-state index contributed by atoms with van der Waals surface area (Å²) in [6, 6.07) is 4.70. The predicted molar refractivity (Wildman–Crippen MR) is 52.2 cm³/mol. The maximum absolute atomic E-state index is 13.1. The van der Waals surface area contributed by atoms with E-state index in [4.69, 9.17) is 5.73 Å². The molecular weight excluding hydrogens is 221 g/mol. The lowest BCUT2D eigenvalue weighted by molar-refractivity contribution is 0.623. The Morgan fingerprint density at radius 3 is 2.83 bits per heavy atom. The van der Waals surface area contributed by atoms with E-state index in [1.165, 1.54) is 6.07 Å². The Bertz CT molecular complexity index is 309. The lowest BCUT2D eigenvalue weighted by Crippen LogP contribution is -2.02. The standard InChI is InChI=1S/C9H9BrFN/c1-6(5-12)8-4-7(10)2-3-9(8)11/h2-4H,1,5,12H2. The van der Waals surface area contributed by atoms with Crippen molar-refractivity contribution in [2.75, 3.05) is 6.54 Å². The van der Waals surface area contributed by atoms with Crippen molar-refractivity contribution >= 4 is 21.5 Å². The lowest BCUT2D eigenvalue weighted by Gasteiger charge is -2.04. The van der Waals surface area contributed by atoms with Crippen molar-refractivity contribution in [2.24, 2.45) is 5.73 Å². The zero-order chi connectivity index (χ0) is 9.14. The largest absolute Gasteiger partial charge is 0.326 e. The van der Waals surface area contributed by atoms with Crippen LogP contribution in [0.3, 0.4) is 0 Å². The molecule has 0 saturated carbocycles. The van der Waals surface area contributed by atoms with Gasteiger partial charge in [0.05, 0.1) is 0 Å². The fourth-order valence-electron chi connectivity index (χ4n) is 0.878. The molecule has 0 fully saturated rings. The predicted octanol–water partition coefficient (Wildman–Crippen LogP) is 2.56. The van der Waals surface area contributed by atoms with Gasteiger partial charge in [-0.2, -0.15) is 0 Å². The van der Waals surface area contributed by atoms with Crippen molar-refractivity contribution in [3.05, 3.63) is 40.6 Å². The Kier molecular flexibility index (Phi) is 3.00. The Morgan fingerprint density at radius 2 is 2.25 bits per heavy atom. The van der Waals surface area contributed by atoms with Gasteiger partial charge < -0.3 is 5.73 Å². The minimum atomic E-state index is -0.284. The highest BCUT2D eigenvalue weighted by Crippen LogP contribution is 2.20. The zero-order valence-corrected chi connectivity index (χ0v) is 8.07. The van der Waals surface area contributed by atoms with Crippen LogP contribution in [-0.2, 0) is 0 Å². The van der Waals surface area contributed by atoms with Crippen molar-refractivity contribution in [1.29, 1.82) is 0 Å². The summed E-state index contributed by atoms with van der Waals surface area (Å²) in [6.45, 7) is 3.93. The van der Waals surface area contributed by atoms with Crippen LogP contribution in [0.15, 0.2) is 29.3 Å². The fourth-order valence-corrected chi connectivity index (χ4v) is 1.24. The highest BCUT2D eigenvalue weighted by Gasteiger charge is 2.04. The van der Waals surface area contributed by atoms with E-state index in [2.05, 4.69) is 22.5 Å². The van der Waals surface area contributed by atoms with Crippen LogP contribution in [0.1, 0.15) is 5.56 Å². The molecule has 0 radical (unpaired) electrons. The van der Waals surface area contributed by atoms with Crippen molar-refractivity contribution in [3.63, 3.8) is 0 Å². The van der Waals surface area contributed by atoms with Gasteiger partial charge in [-0.1, -0.05) is 22.5 Å². The van der Waals surface area contributed by atoms with E-state index in [9.17, 15) is 4.39 Å². The van der Waals surface area contributed by atoms with E-state index in [-0.39, 0.29) is 12.4 Å². The average Bonchev–Trinajstić information content (AvgIpc) is 2.08. The van der Waals surface area contributed by atoms with Crippen LogP contribution in [-0.4, -0.2) is 6.54 Å². The highest BCUT2D eigenvalue weighted by atomic mass is 79.9.